The summed E-state index contributed by atoms with van der Waals surface area (Å²) < 4.78 is 0. The number of nitrogens with zero attached hydrogens (tertiary/aromatic N) is 4. The van der Waals surface area contributed by atoms with E-state index in [0.29, 0.717) is 0 Å². The van der Waals surface area contributed by atoms with Crippen LogP contribution in [0.25, 0.3) is 11.3 Å². The largest absolute Gasteiger partial charge is 0.508 e. The molecule has 1 aliphatic heterocycles. The van der Waals surface area contributed by atoms with E-state index in [-0.39, 0.29) is 5.75 Å². The van der Waals surface area contributed by atoms with Crippen molar-refractivity contribution in [2.45, 2.75) is 32.9 Å². The lowest BCUT2D eigenvalue weighted by Gasteiger charge is -2.21. The zero-order chi connectivity index (χ0) is 17.9. The molecule has 0 unspecified atom stereocenters. The van der Waals surface area contributed by atoms with E-state index in [1.165, 1.54) is 11.1 Å². The first kappa shape index (κ1) is 16.7. The van der Waals surface area contributed by atoms with Crippen molar-refractivity contribution in [3.8, 4) is 17.0 Å². The van der Waals surface area contributed by atoms with Crippen molar-refractivity contribution in [3.63, 3.8) is 0 Å². The molecule has 4 rings (SSSR count). The highest BCUT2D eigenvalue weighted by molar-refractivity contribution is 5.65. The Morgan fingerprint density at radius 3 is 2.73 bits per heavy atom. The lowest BCUT2D eigenvalue weighted by Crippen LogP contribution is -2.23. The molecule has 2 aromatic heterocycles. The first-order valence-corrected chi connectivity index (χ1v) is 8.96. The summed E-state index contributed by atoms with van der Waals surface area (Å²) in [6, 6.07) is 11.4. The number of pyridine rings is 1. The van der Waals surface area contributed by atoms with Gasteiger partial charge >= 0.3 is 0 Å². The fourth-order valence-electron chi connectivity index (χ4n) is 3.54. The predicted molar refractivity (Wildman–Crippen MR) is 101 cm³/mol. The highest BCUT2D eigenvalue weighted by atomic mass is 16.3. The molecule has 0 saturated carbocycles. The summed E-state index contributed by atoms with van der Waals surface area (Å²) >= 11 is 0. The van der Waals surface area contributed by atoms with E-state index < -0.39 is 0 Å². The zero-order valence-corrected chi connectivity index (χ0v) is 14.9. The third kappa shape index (κ3) is 3.58. The molecule has 1 N–H and O–H groups in total. The average Bonchev–Trinajstić information content (AvgIpc) is 2.84. The molecule has 1 aliphatic rings. The van der Waals surface area contributed by atoms with Gasteiger partial charge < -0.3 is 5.11 Å². The van der Waals surface area contributed by atoms with Gasteiger partial charge in [-0.25, -0.2) is 9.97 Å². The molecule has 26 heavy (non-hydrogen) atoms. The molecule has 0 saturated heterocycles. The highest BCUT2D eigenvalue weighted by Gasteiger charge is 2.21. The van der Waals surface area contributed by atoms with E-state index in [1.54, 1.807) is 18.3 Å². The summed E-state index contributed by atoms with van der Waals surface area (Å²) in [5, 5.41) is 9.60. The molecule has 0 amide bonds. The van der Waals surface area contributed by atoms with Gasteiger partial charge in [0.15, 0.2) is 0 Å². The molecule has 3 heterocycles. The predicted octanol–water partition coefficient (Wildman–Crippen LogP) is 3.50. The van der Waals surface area contributed by atoms with Gasteiger partial charge in [-0.3, -0.25) is 9.88 Å². The van der Waals surface area contributed by atoms with Gasteiger partial charge in [0.05, 0.1) is 5.69 Å². The van der Waals surface area contributed by atoms with Crippen LogP contribution in [-0.4, -0.2) is 31.5 Å². The van der Waals surface area contributed by atoms with Gasteiger partial charge in [0, 0.05) is 42.3 Å². The molecule has 5 nitrogen and oxygen atoms in total. The van der Waals surface area contributed by atoms with Crippen LogP contribution < -0.4 is 0 Å². The number of fused-ring (bicyclic) bond motifs is 1. The summed E-state index contributed by atoms with van der Waals surface area (Å²) in [6.07, 6.45) is 5.78. The summed E-state index contributed by atoms with van der Waals surface area (Å²) in [5.41, 5.74) is 5.56. The highest BCUT2D eigenvalue weighted by Crippen LogP contribution is 2.29. The summed E-state index contributed by atoms with van der Waals surface area (Å²) in [5.74, 6) is 1.07. The maximum atomic E-state index is 9.60. The number of benzene rings is 1. The zero-order valence-electron chi connectivity index (χ0n) is 14.9. The second-order valence-corrected chi connectivity index (χ2v) is 6.77. The van der Waals surface area contributed by atoms with E-state index >= 15 is 0 Å². The Labute approximate surface area is 153 Å². The molecule has 132 valence electrons. The van der Waals surface area contributed by atoms with E-state index in [0.717, 1.165) is 55.3 Å². The summed E-state index contributed by atoms with van der Waals surface area (Å²) in [7, 11) is 0. The van der Waals surface area contributed by atoms with Crippen LogP contribution in [0, 0.1) is 6.92 Å². The Bertz CT molecular complexity index is 894. The molecule has 3 aromatic rings. The van der Waals surface area contributed by atoms with Crippen LogP contribution in [0.4, 0.5) is 0 Å². The third-order valence-corrected chi connectivity index (χ3v) is 4.74. The van der Waals surface area contributed by atoms with Gasteiger partial charge in [0.1, 0.15) is 11.6 Å². The Hall–Kier alpha value is -2.79. The Morgan fingerprint density at radius 1 is 1.12 bits per heavy atom. The van der Waals surface area contributed by atoms with Crippen molar-refractivity contribution in [2.75, 3.05) is 6.54 Å². The van der Waals surface area contributed by atoms with E-state index in [9.17, 15) is 5.11 Å². The molecule has 0 fully saturated rings. The molecule has 5 heteroatoms. The van der Waals surface area contributed by atoms with Crippen LogP contribution >= 0.6 is 0 Å². The van der Waals surface area contributed by atoms with E-state index in [1.807, 2.05) is 31.3 Å². The SMILES string of the molecule is Cc1nc2c(c(-c3ccc(O)cc3)n1)CN(Cc1cccnc1)CCC2. The van der Waals surface area contributed by atoms with Gasteiger partial charge in [-0.2, -0.15) is 0 Å². The van der Waals surface area contributed by atoms with Crippen molar-refractivity contribution in [1.82, 2.24) is 19.9 Å². The first-order chi connectivity index (χ1) is 12.7. The quantitative estimate of drug-likeness (QED) is 0.786. The number of aromatic hydroxyl groups is 1. The van der Waals surface area contributed by atoms with Crippen LogP contribution in [0.5, 0.6) is 5.75 Å². The van der Waals surface area contributed by atoms with Crippen molar-refractivity contribution in [3.05, 3.63) is 71.4 Å². The van der Waals surface area contributed by atoms with Gasteiger partial charge in [0.25, 0.3) is 0 Å². The normalized spacial score (nSPS) is 14.7. The summed E-state index contributed by atoms with van der Waals surface area (Å²) in [4.78, 5) is 16.1. The van der Waals surface area contributed by atoms with Crippen molar-refractivity contribution in [1.29, 1.82) is 0 Å². The van der Waals surface area contributed by atoms with Gasteiger partial charge in [-0.1, -0.05) is 6.07 Å². The topological polar surface area (TPSA) is 62.1 Å². The first-order valence-electron chi connectivity index (χ1n) is 8.96. The van der Waals surface area contributed by atoms with E-state index in [2.05, 4.69) is 16.0 Å². The summed E-state index contributed by atoms with van der Waals surface area (Å²) in [6.45, 7) is 4.67. The lowest BCUT2D eigenvalue weighted by atomic mass is 10.0. The van der Waals surface area contributed by atoms with Crippen LogP contribution in [0.2, 0.25) is 0 Å². The van der Waals surface area contributed by atoms with E-state index in [4.69, 9.17) is 9.97 Å². The molecule has 1 aromatic carbocycles. The van der Waals surface area contributed by atoms with Crippen molar-refractivity contribution >= 4 is 0 Å². The molecule has 0 radical (unpaired) electrons. The number of aryl methyl sites for hydroxylation is 2. The minimum absolute atomic E-state index is 0.267. The molecular weight excluding hydrogens is 324 g/mol. The van der Waals surface area contributed by atoms with Crippen molar-refractivity contribution in [2.24, 2.45) is 0 Å². The van der Waals surface area contributed by atoms with Crippen LogP contribution in [-0.2, 0) is 19.5 Å². The number of phenols is 1. The molecule has 0 atom stereocenters. The maximum Gasteiger partial charge on any atom is 0.126 e. The lowest BCUT2D eigenvalue weighted by molar-refractivity contribution is 0.261. The van der Waals surface area contributed by atoms with Crippen LogP contribution in [0.15, 0.2) is 48.8 Å². The number of aromatic nitrogens is 3. The maximum absolute atomic E-state index is 9.60. The van der Waals surface area contributed by atoms with Gasteiger partial charge in [-0.15, -0.1) is 0 Å². The van der Waals surface area contributed by atoms with Crippen molar-refractivity contribution < 1.29 is 5.11 Å². The van der Waals surface area contributed by atoms with Gasteiger partial charge in [0.2, 0.25) is 0 Å². The third-order valence-electron chi connectivity index (χ3n) is 4.74. The Balaban J connectivity index is 1.70. The molecule has 0 aliphatic carbocycles. The molecule has 0 bridgehead atoms. The monoisotopic (exact) mass is 346 g/mol. The Kier molecular flexibility index (Phi) is 4.63. The minimum atomic E-state index is 0.267. The second kappa shape index (κ2) is 7.22. The standard InChI is InChI=1S/C21H22N4O/c1-15-23-20-5-3-11-25(13-16-4-2-10-22-12-16)14-19(20)21(24-15)17-6-8-18(26)9-7-17/h2,4,6-10,12,26H,3,5,11,13-14H2,1H3. The number of rotatable bonds is 3. The number of hydrogen-bond donors (Lipinski definition) is 1. The fourth-order valence-corrected chi connectivity index (χ4v) is 3.54. The number of phenolic OH excluding ortho intramolecular Hbond substituents is 1. The minimum Gasteiger partial charge on any atom is -0.508 e. The molecular formula is C21H22N4O. The smallest absolute Gasteiger partial charge is 0.126 e. The number of hydrogen-bond acceptors (Lipinski definition) is 5. The van der Waals surface area contributed by atoms with Crippen LogP contribution in [0.1, 0.15) is 29.1 Å². The van der Waals surface area contributed by atoms with Crippen LogP contribution in [0.3, 0.4) is 0 Å². The molecule has 0 spiro atoms. The fraction of sp³-hybridized carbons (Fsp3) is 0.286. The Morgan fingerprint density at radius 2 is 1.96 bits per heavy atom. The average molecular weight is 346 g/mol. The van der Waals surface area contributed by atoms with Gasteiger partial charge in [-0.05, 0) is 62.2 Å². The second-order valence-electron chi connectivity index (χ2n) is 6.77.